The molecule has 5 nitrogen and oxygen atoms in total. The SMILES string of the molecule is COC(=O)c1cc2ccccc2c(-c2c(O)ccc3c(C4=C(C(C)(C)C)C(C)(C)CO4)cccc23)c1O. The Morgan fingerprint density at radius 2 is 1.62 bits per heavy atom. The fourth-order valence-corrected chi connectivity index (χ4v) is 5.93. The molecule has 0 aromatic heterocycles. The zero-order valence-corrected chi connectivity index (χ0v) is 22.1. The van der Waals surface area contributed by atoms with Gasteiger partial charge in [-0.3, -0.25) is 0 Å². The molecule has 1 heterocycles. The third-order valence-corrected chi connectivity index (χ3v) is 7.19. The number of hydrogen-bond donors (Lipinski definition) is 2. The van der Waals surface area contributed by atoms with Crippen LogP contribution in [0.4, 0.5) is 0 Å². The summed E-state index contributed by atoms with van der Waals surface area (Å²) < 4.78 is 11.3. The average Bonchev–Trinajstić information content (AvgIpc) is 3.18. The lowest BCUT2D eigenvalue weighted by atomic mass is 9.71. The molecule has 0 atom stereocenters. The Hall–Kier alpha value is -3.99. The zero-order valence-electron chi connectivity index (χ0n) is 22.1. The number of esters is 1. The first-order valence-corrected chi connectivity index (χ1v) is 12.4. The predicted octanol–water partition coefficient (Wildman–Crippen LogP) is 7.67. The standard InChI is InChI=1S/C32H32O5/c1-31(2,3)29-28(37-17-32(29,4)5)22-13-9-12-21-20(22)14-15-24(33)25(21)26-19-11-8-7-10-18(19)16-23(27(26)34)30(35)36-6/h7-16,33-34H,17H2,1-6H3. The number of fused-ring (bicyclic) bond motifs is 2. The van der Waals surface area contributed by atoms with E-state index in [9.17, 15) is 15.0 Å². The van der Waals surface area contributed by atoms with Crippen molar-refractivity contribution in [3.63, 3.8) is 0 Å². The van der Waals surface area contributed by atoms with Gasteiger partial charge in [-0.25, -0.2) is 4.79 Å². The van der Waals surface area contributed by atoms with E-state index in [4.69, 9.17) is 9.47 Å². The molecule has 0 amide bonds. The van der Waals surface area contributed by atoms with Crippen LogP contribution in [0.25, 0.3) is 38.4 Å². The second kappa shape index (κ2) is 8.55. The Morgan fingerprint density at radius 3 is 2.32 bits per heavy atom. The van der Waals surface area contributed by atoms with Crippen LogP contribution in [0.5, 0.6) is 11.5 Å². The monoisotopic (exact) mass is 496 g/mol. The third kappa shape index (κ3) is 3.90. The molecule has 0 saturated carbocycles. The smallest absolute Gasteiger partial charge is 0.341 e. The Kier molecular flexibility index (Phi) is 5.70. The van der Waals surface area contributed by atoms with Crippen LogP contribution in [0.3, 0.4) is 0 Å². The van der Waals surface area contributed by atoms with Crippen molar-refractivity contribution in [1.29, 1.82) is 0 Å². The molecule has 0 aliphatic carbocycles. The van der Waals surface area contributed by atoms with Gasteiger partial charge in [0.2, 0.25) is 0 Å². The summed E-state index contributed by atoms with van der Waals surface area (Å²) in [6, 6.07) is 18.5. The second-order valence-electron chi connectivity index (χ2n) is 11.3. The molecule has 0 saturated heterocycles. The largest absolute Gasteiger partial charge is 0.507 e. The third-order valence-electron chi connectivity index (χ3n) is 7.19. The minimum Gasteiger partial charge on any atom is -0.507 e. The van der Waals surface area contributed by atoms with Crippen molar-refractivity contribution < 1.29 is 24.5 Å². The fourth-order valence-electron chi connectivity index (χ4n) is 5.93. The second-order valence-corrected chi connectivity index (χ2v) is 11.3. The number of rotatable bonds is 3. The maximum Gasteiger partial charge on any atom is 0.341 e. The van der Waals surface area contributed by atoms with Crippen molar-refractivity contribution in [3.05, 3.63) is 77.4 Å². The summed E-state index contributed by atoms with van der Waals surface area (Å²) in [6.07, 6.45) is 0. The van der Waals surface area contributed by atoms with Crippen molar-refractivity contribution in [2.24, 2.45) is 10.8 Å². The molecule has 1 aliphatic heterocycles. The first-order chi connectivity index (χ1) is 17.5. The Labute approximate surface area is 217 Å². The van der Waals surface area contributed by atoms with Crippen LogP contribution < -0.4 is 0 Å². The van der Waals surface area contributed by atoms with Gasteiger partial charge in [-0.2, -0.15) is 0 Å². The number of ether oxygens (including phenoxy) is 2. The molecule has 1 aliphatic rings. The summed E-state index contributed by atoms with van der Waals surface area (Å²) in [7, 11) is 1.28. The maximum atomic E-state index is 12.6. The number of aromatic hydroxyl groups is 2. The minimum absolute atomic E-state index is 0.00446. The van der Waals surface area contributed by atoms with Crippen molar-refractivity contribution >= 4 is 33.3 Å². The summed E-state index contributed by atoms with van der Waals surface area (Å²) in [6.45, 7) is 11.6. The van der Waals surface area contributed by atoms with Crippen LogP contribution in [-0.2, 0) is 9.47 Å². The fraction of sp³-hybridized carbons (Fsp3) is 0.281. The van der Waals surface area contributed by atoms with Gasteiger partial charge in [-0.05, 0) is 50.7 Å². The van der Waals surface area contributed by atoms with Crippen molar-refractivity contribution in [2.45, 2.75) is 34.6 Å². The lowest BCUT2D eigenvalue weighted by molar-refractivity contribution is 0.0597. The highest BCUT2D eigenvalue weighted by Gasteiger charge is 2.41. The number of carbonyl (C=O) groups excluding carboxylic acids is 1. The normalized spacial score (nSPS) is 15.3. The van der Waals surface area contributed by atoms with Crippen LogP contribution >= 0.6 is 0 Å². The van der Waals surface area contributed by atoms with E-state index in [0.29, 0.717) is 23.1 Å². The van der Waals surface area contributed by atoms with Crippen molar-refractivity contribution in [1.82, 2.24) is 0 Å². The van der Waals surface area contributed by atoms with Gasteiger partial charge in [0, 0.05) is 22.1 Å². The lowest BCUT2D eigenvalue weighted by Crippen LogP contribution is -2.24. The molecule has 0 spiro atoms. The van der Waals surface area contributed by atoms with E-state index in [1.807, 2.05) is 48.5 Å². The van der Waals surface area contributed by atoms with Gasteiger partial charge in [-0.1, -0.05) is 77.1 Å². The molecule has 37 heavy (non-hydrogen) atoms. The summed E-state index contributed by atoms with van der Waals surface area (Å²) >= 11 is 0. The summed E-state index contributed by atoms with van der Waals surface area (Å²) in [4.78, 5) is 12.6. The van der Waals surface area contributed by atoms with Crippen LogP contribution in [0.1, 0.15) is 50.5 Å². The van der Waals surface area contributed by atoms with Gasteiger partial charge in [-0.15, -0.1) is 0 Å². The quantitative estimate of drug-likeness (QED) is 0.285. The molecule has 0 bridgehead atoms. The Morgan fingerprint density at radius 1 is 0.919 bits per heavy atom. The van der Waals surface area contributed by atoms with E-state index in [2.05, 4.69) is 34.6 Å². The number of phenolic OH excluding ortho intramolecular Hbond substituents is 2. The van der Waals surface area contributed by atoms with Crippen LogP contribution in [0.15, 0.2) is 66.2 Å². The molecule has 4 aromatic rings. The van der Waals surface area contributed by atoms with Gasteiger partial charge >= 0.3 is 5.97 Å². The molecule has 2 N–H and O–H groups in total. The van der Waals surface area contributed by atoms with Crippen LogP contribution in [0.2, 0.25) is 0 Å². The molecule has 190 valence electrons. The first-order valence-electron chi connectivity index (χ1n) is 12.4. The minimum atomic E-state index is -0.647. The highest BCUT2D eigenvalue weighted by molar-refractivity contribution is 6.14. The number of benzene rings is 4. The molecule has 0 unspecified atom stereocenters. The van der Waals surface area contributed by atoms with Crippen LogP contribution in [0, 0.1) is 10.8 Å². The zero-order chi connectivity index (χ0) is 26.7. The van der Waals surface area contributed by atoms with Crippen molar-refractivity contribution in [3.8, 4) is 22.6 Å². The summed E-state index contributed by atoms with van der Waals surface area (Å²) in [5.41, 5.74) is 2.82. The predicted molar refractivity (Wildman–Crippen MR) is 148 cm³/mol. The van der Waals surface area contributed by atoms with E-state index in [1.54, 1.807) is 12.1 Å². The van der Waals surface area contributed by atoms with E-state index >= 15 is 0 Å². The summed E-state index contributed by atoms with van der Waals surface area (Å²) in [5, 5.41) is 25.7. The average molecular weight is 497 g/mol. The van der Waals surface area contributed by atoms with Gasteiger partial charge in [0.25, 0.3) is 0 Å². The highest BCUT2D eigenvalue weighted by atomic mass is 16.5. The summed E-state index contributed by atoms with van der Waals surface area (Å²) in [5.74, 6) is -0.0139. The van der Waals surface area contributed by atoms with E-state index in [1.165, 1.54) is 12.7 Å². The molecule has 5 heteroatoms. The van der Waals surface area contributed by atoms with E-state index < -0.39 is 5.97 Å². The van der Waals surface area contributed by atoms with Gasteiger partial charge in [0.15, 0.2) is 0 Å². The molecule has 0 radical (unpaired) electrons. The number of carbonyl (C=O) groups is 1. The van der Waals surface area contributed by atoms with Gasteiger partial charge < -0.3 is 19.7 Å². The highest BCUT2D eigenvalue weighted by Crippen LogP contribution is 2.52. The number of methoxy groups -OCH3 is 1. The van der Waals surface area contributed by atoms with Gasteiger partial charge in [0.05, 0.1) is 13.7 Å². The topological polar surface area (TPSA) is 76.0 Å². The molecular weight excluding hydrogens is 464 g/mol. The lowest BCUT2D eigenvalue weighted by Gasteiger charge is -2.31. The maximum absolute atomic E-state index is 12.6. The van der Waals surface area contributed by atoms with Gasteiger partial charge in [0.1, 0.15) is 22.8 Å². The molecule has 4 aromatic carbocycles. The van der Waals surface area contributed by atoms with E-state index in [-0.39, 0.29) is 27.9 Å². The van der Waals surface area contributed by atoms with Crippen molar-refractivity contribution in [2.75, 3.05) is 13.7 Å². The number of phenols is 2. The Balaban J connectivity index is 1.89. The Bertz CT molecular complexity index is 1600. The molecular formula is C32H32O5. The molecule has 0 fully saturated rings. The van der Waals surface area contributed by atoms with E-state index in [0.717, 1.165) is 27.5 Å². The first kappa shape index (κ1) is 24.7. The number of hydrogen-bond acceptors (Lipinski definition) is 5. The molecule has 5 rings (SSSR count). The van der Waals surface area contributed by atoms with Crippen LogP contribution in [-0.4, -0.2) is 29.9 Å².